The van der Waals surface area contributed by atoms with E-state index in [1.165, 1.54) is 11.8 Å². The predicted octanol–water partition coefficient (Wildman–Crippen LogP) is 2.23. The van der Waals surface area contributed by atoms with Gasteiger partial charge in [-0.1, -0.05) is 23.8 Å². The van der Waals surface area contributed by atoms with E-state index in [0.717, 1.165) is 29.9 Å². The number of rotatable bonds is 6. The SMILES string of the molecule is Cc1ccc(NC(=O)CSCC(=O)N2CCNCC2c2cccnc2)cc1. The number of benzene rings is 1. The molecule has 2 aromatic rings. The van der Waals surface area contributed by atoms with Gasteiger partial charge in [0.25, 0.3) is 0 Å². The summed E-state index contributed by atoms with van der Waals surface area (Å²) in [6.45, 7) is 4.16. The minimum Gasteiger partial charge on any atom is -0.332 e. The molecule has 0 aliphatic carbocycles. The number of aryl methyl sites for hydroxylation is 1. The van der Waals surface area contributed by atoms with Gasteiger partial charge < -0.3 is 15.5 Å². The molecule has 0 bridgehead atoms. The minimum atomic E-state index is -0.0965. The Bertz CT molecular complexity index is 767. The van der Waals surface area contributed by atoms with E-state index in [0.29, 0.717) is 6.54 Å². The van der Waals surface area contributed by atoms with Crippen molar-refractivity contribution < 1.29 is 9.59 Å². The lowest BCUT2D eigenvalue weighted by Crippen LogP contribution is -2.49. The third kappa shape index (κ3) is 5.55. The Balaban J connectivity index is 1.49. The number of aromatic nitrogens is 1. The van der Waals surface area contributed by atoms with Crippen molar-refractivity contribution in [2.24, 2.45) is 0 Å². The molecule has 1 unspecified atom stereocenters. The van der Waals surface area contributed by atoms with Crippen LogP contribution in [0.4, 0.5) is 5.69 Å². The van der Waals surface area contributed by atoms with Gasteiger partial charge in [-0.3, -0.25) is 14.6 Å². The number of nitrogens with zero attached hydrogens (tertiary/aromatic N) is 2. The number of piperazine rings is 1. The Hall–Kier alpha value is -2.38. The Morgan fingerprint density at radius 2 is 2.07 bits per heavy atom. The number of nitrogens with one attached hydrogen (secondary N) is 2. The highest BCUT2D eigenvalue weighted by Gasteiger charge is 2.27. The van der Waals surface area contributed by atoms with Gasteiger partial charge in [0.05, 0.1) is 17.5 Å². The molecule has 2 heterocycles. The first-order valence-electron chi connectivity index (χ1n) is 8.98. The van der Waals surface area contributed by atoms with Crippen molar-refractivity contribution in [1.82, 2.24) is 15.2 Å². The molecule has 6 nitrogen and oxygen atoms in total. The zero-order chi connectivity index (χ0) is 19.1. The van der Waals surface area contributed by atoms with Gasteiger partial charge in [0.1, 0.15) is 0 Å². The van der Waals surface area contributed by atoms with E-state index in [-0.39, 0.29) is 29.4 Å². The van der Waals surface area contributed by atoms with Gasteiger partial charge in [0.2, 0.25) is 11.8 Å². The maximum absolute atomic E-state index is 12.7. The molecule has 2 N–H and O–H groups in total. The number of hydrogen-bond donors (Lipinski definition) is 2. The molecule has 1 fully saturated rings. The molecule has 142 valence electrons. The lowest BCUT2D eigenvalue weighted by atomic mass is 10.1. The summed E-state index contributed by atoms with van der Waals surface area (Å²) in [6.07, 6.45) is 3.54. The summed E-state index contributed by atoms with van der Waals surface area (Å²) >= 11 is 1.34. The predicted molar refractivity (Wildman–Crippen MR) is 109 cm³/mol. The van der Waals surface area contributed by atoms with E-state index in [9.17, 15) is 9.59 Å². The van der Waals surface area contributed by atoms with Gasteiger partial charge in [-0.15, -0.1) is 11.8 Å². The van der Waals surface area contributed by atoms with Gasteiger partial charge in [0, 0.05) is 37.7 Å². The van der Waals surface area contributed by atoms with Crippen LogP contribution in [-0.2, 0) is 9.59 Å². The maximum atomic E-state index is 12.7. The van der Waals surface area contributed by atoms with Crippen molar-refractivity contribution in [1.29, 1.82) is 0 Å². The smallest absolute Gasteiger partial charge is 0.234 e. The maximum Gasteiger partial charge on any atom is 0.234 e. The van der Waals surface area contributed by atoms with Crippen LogP contribution in [0.1, 0.15) is 17.2 Å². The van der Waals surface area contributed by atoms with Crippen LogP contribution in [0.5, 0.6) is 0 Å². The summed E-state index contributed by atoms with van der Waals surface area (Å²) in [7, 11) is 0. The molecule has 1 aliphatic heterocycles. The van der Waals surface area contributed by atoms with E-state index in [1.807, 2.05) is 48.2 Å². The Labute approximate surface area is 163 Å². The summed E-state index contributed by atoms with van der Waals surface area (Å²) in [5.74, 6) is 0.501. The zero-order valence-electron chi connectivity index (χ0n) is 15.4. The van der Waals surface area contributed by atoms with Crippen molar-refractivity contribution in [2.45, 2.75) is 13.0 Å². The highest BCUT2D eigenvalue weighted by molar-refractivity contribution is 8.00. The topological polar surface area (TPSA) is 74.3 Å². The Morgan fingerprint density at radius 3 is 2.81 bits per heavy atom. The van der Waals surface area contributed by atoms with Crippen LogP contribution >= 0.6 is 11.8 Å². The third-order valence-corrected chi connectivity index (χ3v) is 5.34. The van der Waals surface area contributed by atoms with Gasteiger partial charge in [-0.2, -0.15) is 0 Å². The van der Waals surface area contributed by atoms with Gasteiger partial charge in [0.15, 0.2) is 0 Å². The van der Waals surface area contributed by atoms with Crippen molar-refractivity contribution in [3.8, 4) is 0 Å². The minimum absolute atomic E-state index is 0.0121. The average Bonchev–Trinajstić information content (AvgIpc) is 2.70. The van der Waals surface area contributed by atoms with E-state index in [4.69, 9.17) is 0 Å². The van der Waals surface area contributed by atoms with Gasteiger partial charge in [-0.25, -0.2) is 0 Å². The van der Waals surface area contributed by atoms with Crippen LogP contribution in [0.25, 0.3) is 0 Å². The molecule has 1 aliphatic rings. The molecule has 1 aromatic heterocycles. The molecule has 1 saturated heterocycles. The molecule has 7 heteroatoms. The van der Waals surface area contributed by atoms with Crippen molar-refractivity contribution in [2.75, 3.05) is 36.5 Å². The fourth-order valence-corrected chi connectivity index (χ4v) is 3.72. The van der Waals surface area contributed by atoms with E-state index in [2.05, 4.69) is 15.6 Å². The second-order valence-electron chi connectivity index (χ2n) is 6.50. The second-order valence-corrected chi connectivity index (χ2v) is 7.49. The van der Waals surface area contributed by atoms with Crippen LogP contribution in [-0.4, -0.2) is 52.8 Å². The monoisotopic (exact) mass is 384 g/mol. The fourth-order valence-electron chi connectivity index (χ4n) is 3.02. The molecule has 3 rings (SSSR count). The average molecular weight is 385 g/mol. The first-order chi connectivity index (χ1) is 13.1. The molecule has 0 saturated carbocycles. The van der Waals surface area contributed by atoms with Crippen LogP contribution in [0.3, 0.4) is 0 Å². The summed E-state index contributed by atoms with van der Waals surface area (Å²) in [6, 6.07) is 11.5. The Morgan fingerprint density at radius 1 is 1.26 bits per heavy atom. The molecular weight excluding hydrogens is 360 g/mol. The standard InChI is InChI=1S/C20H24N4O2S/c1-15-4-6-17(7-5-15)23-19(25)13-27-14-20(26)24-10-9-22-12-18(24)16-3-2-8-21-11-16/h2-8,11,18,22H,9-10,12-14H2,1H3,(H,23,25). The lowest BCUT2D eigenvalue weighted by Gasteiger charge is -2.36. The van der Waals surface area contributed by atoms with Crippen LogP contribution in [0.2, 0.25) is 0 Å². The quantitative estimate of drug-likeness (QED) is 0.799. The highest BCUT2D eigenvalue weighted by atomic mass is 32.2. The number of thioether (sulfide) groups is 1. The van der Waals surface area contributed by atoms with E-state index >= 15 is 0 Å². The number of carbonyl (C=O) groups is 2. The molecule has 1 atom stereocenters. The first kappa shape index (κ1) is 19.4. The van der Waals surface area contributed by atoms with Crippen molar-refractivity contribution >= 4 is 29.3 Å². The van der Waals surface area contributed by atoms with Crippen molar-refractivity contribution in [3.05, 3.63) is 59.9 Å². The van der Waals surface area contributed by atoms with Crippen LogP contribution in [0.15, 0.2) is 48.8 Å². The molecule has 2 amide bonds. The van der Waals surface area contributed by atoms with Gasteiger partial charge in [-0.05, 0) is 30.7 Å². The second kappa shape index (κ2) is 9.53. The fraction of sp³-hybridized carbons (Fsp3) is 0.350. The Kier molecular flexibility index (Phi) is 6.84. The van der Waals surface area contributed by atoms with E-state index < -0.39 is 0 Å². The third-order valence-electron chi connectivity index (χ3n) is 4.43. The van der Waals surface area contributed by atoms with Crippen LogP contribution < -0.4 is 10.6 Å². The lowest BCUT2D eigenvalue weighted by molar-refractivity contribution is -0.131. The first-order valence-corrected chi connectivity index (χ1v) is 10.1. The number of pyridine rings is 1. The molecular formula is C20H24N4O2S. The number of amides is 2. The number of carbonyl (C=O) groups excluding carboxylic acids is 2. The largest absolute Gasteiger partial charge is 0.332 e. The van der Waals surface area contributed by atoms with Crippen molar-refractivity contribution in [3.63, 3.8) is 0 Å². The van der Waals surface area contributed by atoms with E-state index in [1.54, 1.807) is 12.4 Å². The molecule has 0 radical (unpaired) electrons. The molecule has 0 spiro atoms. The summed E-state index contributed by atoms with van der Waals surface area (Å²) in [5, 5.41) is 6.19. The number of anilines is 1. The molecule has 1 aromatic carbocycles. The van der Waals surface area contributed by atoms with Crippen LogP contribution in [0, 0.1) is 6.92 Å². The zero-order valence-corrected chi connectivity index (χ0v) is 16.2. The molecule has 27 heavy (non-hydrogen) atoms. The number of hydrogen-bond acceptors (Lipinski definition) is 5. The normalized spacial score (nSPS) is 16.8. The van der Waals surface area contributed by atoms with Gasteiger partial charge >= 0.3 is 0 Å². The highest BCUT2D eigenvalue weighted by Crippen LogP contribution is 2.22. The summed E-state index contributed by atoms with van der Waals surface area (Å²) < 4.78 is 0. The summed E-state index contributed by atoms with van der Waals surface area (Å²) in [5.41, 5.74) is 2.95. The summed E-state index contributed by atoms with van der Waals surface area (Å²) in [4.78, 5) is 30.8.